The molecule has 1 nitrogen and oxygen atoms in total. The summed E-state index contributed by atoms with van der Waals surface area (Å²) >= 11 is 0. The smallest absolute Gasteiger partial charge is 0.0661 e. The molecule has 0 aliphatic heterocycles. The first-order valence-corrected chi connectivity index (χ1v) is 3.07. The van der Waals surface area contributed by atoms with Crippen LogP contribution in [0.3, 0.4) is 0 Å². The van der Waals surface area contributed by atoms with Gasteiger partial charge in [0.15, 0.2) is 0 Å². The molecule has 1 aliphatic carbocycles. The molecular formula is C8H7N. The summed E-state index contributed by atoms with van der Waals surface area (Å²) in [5, 5.41) is 0. The number of nitrogens with zero attached hydrogens (tertiary/aromatic N) is 1. The molecular weight excluding hydrogens is 110 g/mol. The van der Waals surface area contributed by atoms with E-state index in [4.69, 9.17) is 0 Å². The fourth-order valence-corrected chi connectivity index (χ4v) is 1.07. The molecule has 2 rings (SSSR count). The second-order valence-electron chi connectivity index (χ2n) is 2.15. The van der Waals surface area contributed by atoms with Crippen molar-refractivity contribution in [3.63, 3.8) is 0 Å². The number of allylic oxidation sites excluding steroid dienone is 1. The van der Waals surface area contributed by atoms with E-state index in [0.29, 0.717) is 0 Å². The van der Waals surface area contributed by atoms with Crippen LogP contribution in [0, 0.1) is 0 Å². The van der Waals surface area contributed by atoms with Crippen molar-refractivity contribution in [2.24, 2.45) is 0 Å². The lowest BCUT2D eigenvalue weighted by molar-refractivity contribution is 1.21. The molecule has 0 N–H and O–H groups in total. The van der Waals surface area contributed by atoms with Crippen molar-refractivity contribution in [2.45, 2.75) is 6.42 Å². The minimum atomic E-state index is 1.06. The Bertz CT molecular complexity index is 250. The Morgan fingerprint density at radius 2 is 2.44 bits per heavy atom. The van der Waals surface area contributed by atoms with E-state index < -0.39 is 0 Å². The van der Waals surface area contributed by atoms with Gasteiger partial charge in [0.2, 0.25) is 0 Å². The minimum Gasteiger partial charge on any atom is -0.257 e. The molecule has 0 bridgehead atoms. The van der Waals surface area contributed by atoms with Gasteiger partial charge in [0.05, 0.1) is 5.69 Å². The number of pyridine rings is 1. The Balaban J connectivity index is 2.63. The van der Waals surface area contributed by atoms with E-state index in [0.717, 1.165) is 12.1 Å². The molecule has 0 atom stereocenters. The molecule has 0 radical (unpaired) electrons. The molecule has 1 heterocycles. The van der Waals surface area contributed by atoms with Crippen LogP contribution in [0.5, 0.6) is 0 Å². The number of rotatable bonds is 0. The van der Waals surface area contributed by atoms with Crippen molar-refractivity contribution in [1.82, 2.24) is 4.98 Å². The molecule has 0 saturated carbocycles. The highest BCUT2D eigenvalue weighted by Gasteiger charge is 2.01. The first-order valence-electron chi connectivity index (χ1n) is 3.07. The van der Waals surface area contributed by atoms with Gasteiger partial charge < -0.3 is 0 Å². The Morgan fingerprint density at radius 3 is 3.33 bits per heavy atom. The standard InChI is InChI=1S/C8H7N/c1-3-7-4-2-6-9-8(7)5-1/h1-2,4-6H,3H2. The maximum Gasteiger partial charge on any atom is 0.0661 e. The fraction of sp³-hybridized carbons (Fsp3) is 0.125. The zero-order valence-electron chi connectivity index (χ0n) is 5.04. The Morgan fingerprint density at radius 1 is 1.44 bits per heavy atom. The van der Waals surface area contributed by atoms with Crippen LogP contribution in [0.15, 0.2) is 24.4 Å². The molecule has 0 fully saturated rings. The molecule has 0 amide bonds. The van der Waals surface area contributed by atoms with Gasteiger partial charge >= 0.3 is 0 Å². The van der Waals surface area contributed by atoms with E-state index in [2.05, 4.69) is 23.2 Å². The van der Waals surface area contributed by atoms with Crippen molar-refractivity contribution in [3.05, 3.63) is 35.7 Å². The van der Waals surface area contributed by atoms with Crippen molar-refractivity contribution < 1.29 is 0 Å². The summed E-state index contributed by atoms with van der Waals surface area (Å²) in [4.78, 5) is 4.17. The molecule has 1 aliphatic rings. The van der Waals surface area contributed by atoms with E-state index in [-0.39, 0.29) is 0 Å². The summed E-state index contributed by atoms with van der Waals surface area (Å²) in [5.74, 6) is 0. The zero-order chi connectivity index (χ0) is 6.10. The number of hydrogen-bond donors (Lipinski definition) is 0. The quantitative estimate of drug-likeness (QED) is 0.503. The van der Waals surface area contributed by atoms with Crippen molar-refractivity contribution in [1.29, 1.82) is 0 Å². The van der Waals surface area contributed by atoms with E-state index in [1.54, 1.807) is 0 Å². The van der Waals surface area contributed by atoms with Crippen LogP contribution in [-0.4, -0.2) is 4.98 Å². The summed E-state index contributed by atoms with van der Waals surface area (Å²) in [6.45, 7) is 0. The second kappa shape index (κ2) is 1.69. The lowest BCUT2D eigenvalue weighted by atomic mass is 10.2. The van der Waals surface area contributed by atoms with Crippen LogP contribution in [-0.2, 0) is 6.42 Å². The van der Waals surface area contributed by atoms with Gasteiger partial charge in [-0.2, -0.15) is 0 Å². The first kappa shape index (κ1) is 4.74. The molecule has 1 aromatic rings. The van der Waals surface area contributed by atoms with Gasteiger partial charge in [-0.05, 0) is 24.1 Å². The maximum atomic E-state index is 4.17. The van der Waals surface area contributed by atoms with Crippen LogP contribution in [0.1, 0.15) is 11.3 Å². The summed E-state index contributed by atoms with van der Waals surface area (Å²) < 4.78 is 0. The fourth-order valence-electron chi connectivity index (χ4n) is 1.07. The van der Waals surface area contributed by atoms with Crippen molar-refractivity contribution in [2.75, 3.05) is 0 Å². The topological polar surface area (TPSA) is 12.9 Å². The number of aromatic nitrogens is 1. The van der Waals surface area contributed by atoms with Crippen molar-refractivity contribution in [3.8, 4) is 0 Å². The summed E-state index contributed by atoms with van der Waals surface area (Å²) in [6, 6.07) is 4.09. The Labute approximate surface area is 54.1 Å². The molecule has 0 spiro atoms. The SMILES string of the molecule is C1=Cc2ncccc2C1. The van der Waals surface area contributed by atoms with E-state index >= 15 is 0 Å². The van der Waals surface area contributed by atoms with Crippen molar-refractivity contribution >= 4 is 6.08 Å². The van der Waals surface area contributed by atoms with Crippen LogP contribution in [0.2, 0.25) is 0 Å². The molecule has 9 heavy (non-hydrogen) atoms. The summed E-state index contributed by atoms with van der Waals surface area (Å²) in [7, 11) is 0. The van der Waals surface area contributed by atoms with E-state index in [1.165, 1.54) is 5.56 Å². The zero-order valence-corrected chi connectivity index (χ0v) is 5.04. The Kier molecular flexibility index (Phi) is 0.890. The largest absolute Gasteiger partial charge is 0.257 e. The van der Waals surface area contributed by atoms with Gasteiger partial charge in [0.1, 0.15) is 0 Å². The number of fused-ring (bicyclic) bond motifs is 1. The minimum absolute atomic E-state index is 1.06. The molecule has 0 unspecified atom stereocenters. The molecule has 1 aromatic heterocycles. The maximum absolute atomic E-state index is 4.17. The van der Waals surface area contributed by atoms with Gasteiger partial charge in [-0.25, -0.2) is 0 Å². The van der Waals surface area contributed by atoms with Crippen LogP contribution in [0.25, 0.3) is 6.08 Å². The molecule has 44 valence electrons. The van der Waals surface area contributed by atoms with Gasteiger partial charge in [-0.15, -0.1) is 0 Å². The highest BCUT2D eigenvalue weighted by Crippen LogP contribution is 2.14. The van der Waals surface area contributed by atoms with E-state index in [9.17, 15) is 0 Å². The van der Waals surface area contributed by atoms with Crippen LogP contribution < -0.4 is 0 Å². The average molecular weight is 117 g/mol. The third kappa shape index (κ3) is 0.653. The normalized spacial score (nSPS) is 13.8. The third-order valence-electron chi connectivity index (χ3n) is 1.54. The Hall–Kier alpha value is -1.11. The molecule has 0 aromatic carbocycles. The van der Waals surface area contributed by atoms with Gasteiger partial charge in [0, 0.05) is 6.20 Å². The molecule has 1 heteroatoms. The second-order valence-corrected chi connectivity index (χ2v) is 2.15. The predicted octanol–water partition coefficient (Wildman–Crippen LogP) is 1.65. The highest BCUT2D eigenvalue weighted by atomic mass is 14.7. The van der Waals surface area contributed by atoms with Gasteiger partial charge in [-0.1, -0.05) is 12.1 Å². The molecule has 0 saturated heterocycles. The number of hydrogen-bond acceptors (Lipinski definition) is 1. The summed E-state index contributed by atoms with van der Waals surface area (Å²) in [6.07, 6.45) is 7.09. The van der Waals surface area contributed by atoms with Crippen LogP contribution >= 0.6 is 0 Å². The van der Waals surface area contributed by atoms with Crippen LogP contribution in [0.4, 0.5) is 0 Å². The summed E-state index contributed by atoms with van der Waals surface area (Å²) in [5.41, 5.74) is 2.48. The first-order chi connectivity index (χ1) is 4.47. The lowest BCUT2D eigenvalue weighted by Gasteiger charge is -1.92. The monoisotopic (exact) mass is 117 g/mol. The third-order valence-corrected chi connectivity index (χ3v) is 1.54. The highest BCUT2D eigenvalue weighted by molar-refractivity contribution is 5.55. The van der Waals surface area contributed by atoms with Gasteiger partial charge in [0.25, 0.3) is 0 Å². The predicted molar refractivity (Wildman–Crippen MR) is 37.0 cm³/mol. The lowest BCUT2D eigenvalue weighted by Crippen LogP contribution is -1.82. The van der Waals surface area contributed by atoms with E-state index in [1.807, 2.05) is 12.3 Å². The van der Waals surface area contributed by atoms with Gasteiger partial charge in [-0.3, -0.25) is 4.98 Å². The average Bonchev–Trinajstić information content (AvgIpc) is 2.33.